The predicted octanol–water partition coefficient (Wildman–Crippen LogP) is 1.86. The van der Waals surface area contributed by atoms with Crippen LogP contribution in [0.5, 0.6) is 0 Å². The summed E-state index contributed by atoms with van der Waals surface area (Å²) in [6.45, 7) is 3.80. The summed E-state index contributed by atoms with van der Waals surface area (Å²) < 4.78 is 0. The first-order chi connectivity index (χ1) is 7.93. The molecule has 0 aliphatic rings. The molecule has 17 heavy (non-hydrogen) atoms. The Morgan fingerprint density at radius 3 is 2.71 bits per heavy atom. The summed E-state index contributed by atoms with van der Waals surface area (Å²) >= 11 is 5.73. The van der Waals surface area contributed by atoms with Crippen molar-refractivity contribution in [1.82, 2.24) is 4.98 Å². The van der Waals surface area contributed by atoms with E-state index in [1.807, 2.05) is 13.8 Å². The second kappa shape index (κ2) is 5.84. The third-order valence-electron chi connectivity index (χ3n) is 2.56. The van der Waals surface area contributed by atoms with E-state index in [1.54, 1.807) is 0 Å². The molecule has 0 bridgehead atoms. The van der Waals surface area contributed by atoms with E-state index in [2.05, 4.69) is 10.3 Å². The lowest BCUT2D eigenvalue weighted by Gasteiger charge is -2.20. The lowest BCUT2D eigenvalue weighted by atomic mass is 10.1. The van der Waals surface area contributed by atoms with E-state index in [0.717, 1.165) is 0 Å². The normalized spacial score (nSPS) is 14.1. The molecule has 0 spiro atoms. The summed E-state index contributed by atoms with van der Waals surface area (Å²) in [5.41, 5.74) is 0.0800. The van der Waals surface area contributed by atoms with Crippen LogP contribution in [0, 0.1) is 5.92 Å². The molecular formula is C11H15ClN2O3. The molecule has 0 saturated carbocycles. The molecule has 1 heterocycles. The molecule has 5 nitrogen and oxygen atoms in total. The van der Waals surface area contributed by atoms with Crippen LogP contribution in [-0.4, -0.2) is 33.8 Å². The van der Waals surface area contributed by atoms with Crippen molar-refractivity contribution in [2.75, 3.05) is 11.9 Å². The minimum absolute atomic E-state index is 0.0315. The number of anilines is 1. The monoisotopic (exact) mass is 258 g/mol. The van der Waals surface area contributed by atoms with Gasteiger partial charge in [0, 0.05) is 12.6 Å². The maximum atomic E-state index is 10.8. The number of pyridine rings is 1. The fourth-order valence-electron chi connectivity index (χ4n) is 1.23. The first-order valence-corrected chi connectivity index (χ1v) is 5.60. The number of aromatic carboxylic acids is 1. The van der Waals surface area contributed by atoms with Gasteiger partial charge in [-0.1, -0.05) is 18.5 Å². The minimum atomic E-state index is -1.06. The predicted molar refractivity (Wildman–Crippen MR) is 65.5 cm³/mol. The molecule has 2 atom stereocenters. The van der Waals surface area contributed by atoms with Gasteiger partial charge < -0.3 is 15.5 Å². The molecule has 94 valence electrons. The van der Waals surface area contributed by atoms with E-state index >= 15 is 0 Å². The number of carbonyl (C=O) groups is 1. The molecule has 1 aromatic rings. The zero-order valence-corrected chi connectivity index (χ0v) is 10.4. The molecule has 3 N–H and O–H groups in total. The smallest absolute Gasteiger partial charge is 0.335 e. The molecule has 0 radical (unpaired) electrons. The maximum absolute atomic E-state index is 10.8. The molecule has 0 saturated heterocycles. The Labute approximate surface area is 104 Å². The van der Waals surface area contributed by atoms with Gasteiger partial charge in [-0.15, -0.1) is 0 Å². The zero-order chi connectivity index (χ0) is 13.0. The second-order valence-corrected chi connectivity index (χ2v) is 4.35. The standard InChI is InChI=1S/C11H15ClN2O3/c1-6(5-15)7(2)13-10-4-8(11(16)17)3-9(12)14-10/h3-4,6-7,15H,5H2,1-2H3,(H,13,14)(H,16,17). The molecule has 2 unspecified atom stereocenters. The van der Waals surface area contributed by atoms with Gasteiger partial charge in [-0.3, -0.25) is 0 Å². The first kappa shape index (κ1) is 13.7. The van der Waals surface area contributed by atoms with Crippen molar-refractivity contribution < 1.29 is 15.0 Å². The van der Waals surface area contributed by atoms with Gasteiger partial charge in [0.25, 0.3) is 0 Å². The molecule has 0 aromatic carbocycles. The van der Waals surface area contributed by atoms with Crippen molar-refractivity contribution in [2.45, 2.75) is 19.9 Å². The highest BCUT2D eigenvalue weighted by Crippen LogP contribution is 2.17. The molecular weight excluding hydrogens is 244 g/mol. The molecule has 1 aromatic heterocycles. The SMILES string of the molecule is CC(CO)C(C)Nc1cc(C(=O)O)cc(Cl)n1. The average Bonchev–Trinajstić information content (AvgIpc) is 2.26. The highest BCUT2D eigenvalue weighted by Gasteiger charge is 2.13. The van der Waals surface area contributed by atoms with Gasteiger partial charge in [-0.05, 0) is 25.0 Å². The highest BCUT2D eigenvalue weighted by molar-refractivity contribution is 6.29. The topological polar surface area (TPSA) is 82.5 Å². The van der Waals surface area contributed by atoms with Crippen LogP contribution in [0.15, 0.2) is 12.1 Å². The fourth-order valence-corrected chi connectivity index (χ4v) is 1.44. The van der Waals surface area contributed by atoms with Gasteiger partial charge >= 0.3 is 5.97 Å². The Morgan fingerprint density at radius 1 is 1.53 bits per heavy atom. The fraction of sp³-hybridized carbons (Fsp3) is 0.455. The lowest BCUT2D eigenvalue weighted by Crippen LogP contribution is -2.26. The van der Waals surface area contributed by atoms with Crippen molar-refractivity contribution in [3.05, 3.63) is 22.8 Å². The first-order valence-electron chi connectivity index (χ1n) is 5.22. The van der Waals surface area contributed by atoms with Crippen LogP contribution in [0.4, 0.5) is 5.82 Å². The zero-order valence-electron chi connectivity index (χ0n) is 9.64. The number of carboxylic acid groups (broad SMARTS) is 1. The summed E-state index contributed by atoms with van der Waals surface area (Å²) in [5, 5.41) is 21.0. The Balaban J connectivity index is 2.87. The van der Waals surface area contributed by atoms with E-state index < -0.39 is 5.97 Å². The van der Waals surface area contributed by atoms with E-state index in [-0.39, 0.29) is 29.3 Å². The Morgan fingerprint density at radius 2 is 2.18 bits per heavy atom. The quantitative estimate of drug-likeness (QED) is 0.703. The van der Waals surface area contributed by atoms with E-state index in [0.29, 0.717) is 5.82 Å². The molecule has 0 amide bonds. The number of nitrogens with zero attached hydrogens (tertiary/aromatic N) is 1. The Kier molecular flexibility index (Phi) is 4.72. The second-order valence-electron chi connectivity index (χ2n) is 3.96. The molecule has 0 aliphatic heterocycles. The van der Waals surface area contributed by atoms with E-state index in [4.69, 9.17) is 21.8 Å². The highest BCUT2D eigenvalue weighted by atomic mass is 35.5. The van der Waals surface area contributed by atoms with Crippen molar-refractivity contribution in [1.29, 1.82) is 0 Å². The van der Waals surface area contributed by atoms with Crippen LogP contribution in [0.25, 0.3) is 0 Å². The molecule has 6 heteroatoms. The molecule has 0 aliphatic carbocycles. The van der Waals surface area contributed by atoms with Crippen LogP contribution in [-0.2, 0) is 0 Å². The largest absolute Gasteiger partial charge is 0.478 e. The number of carboxylic acids is 1. The summed E-state index contributed by atoms with van der Waals surface area (Å²) in [6.07, 6.45) is 0. The third-order valence-corrected chi connectivity index (χ3v) is 2.75. The summed E-state index contributed by atoms with van der Waals surface area (Å²) in [7, 11) is 0. The third kappa shape index (κ3) is 3.87. The number of aromatic nitrogens is 1. The van der Waals surface area contributed by atoms with Crippen LogP contribution in [0.1, 0.15) is 24.2 Å². The van der Waals surface area contributed by atoms with Crippen molar-refractivity contribution in [3.63, 3.8) is 0 Å². The van der Waals surface area contributed by atoms with Crippen molar-refractivity contribution >= 4 is 23.4 Å². The van der Waals surface area contributed by atoms with Gasteiger partial charge in [-0.25, -0.2) is 9.78 Å². The van der Waals surface area contributed by atoms with Gasteiger partial charge in [0.15, 0.2) is 0 Å². The average molecular weight is 259 g/mol. The summed E-state index contributed by atoms with van der Waals surface area (Å²) in [4.78, 5) is 14.8. The summed E-state index contributed by atoms with van der Waals surface area (Å²) in [6, 6.07) is 2.66. The number of aliphatic hydroxyl groups is 1. The number of hydrogen-bond acceptors (Lipinski definition) is 4. The summed E-state index contributed by atoms with van der Waals surface area (Å²) in [5.74, 6) is -0.632. The molecule has 1 rings (SSSR count). The van der Waals surface area contributed by atoms with Crippen LogP contribution in [0.3, 0.4) is 0 Å². The van der Waals surface area contributed by atoms with Crippen LogP contribution < -0.4 is 5.32 Å². The number of hydrogen-bond donors (Lipinski definition) is 3. The Hall–Kier alpha value is -1.33. The van der Waals surface area contributed by atoms with Gasteiger partial charge in [0.1, 0.15) is 11.0 Å². The van der Waals surface area contributed by atoms with Crippen molar-refractivity contribution in [3.8, 4) is 0 Å². The number of rotatable bonds is 5. The number of aliphatic hydroxyl groups excluding tert-OH is 1. The van der Waals surface area contributed by atoms with Gasteiger partial charge in [0.05, 0.1) is 5.56 Å². The minimum Gasteiger partial charge on any atom is -0.478 e. The number of halogens is 1. The lowest BCUT2D eigenvalue weighted by molar-refractivity contribution is 0.0696. The van der Waals surface area contributed by atoms with Gasteiger partial charge in [-0.2, -0.15) is 0 Å². The van der Waals surface area contributed by atoms with Crippen LogP contribution in [0.2, 0.25) is 5.15 Å². The van der Waals surface area contributed by atoms with Crippen LogP contribution >= 0.6 is 11.6 Å². The van der Waals surface area contributed by atoms with E-state index in [9.17, 15) is 4.79 Å². The van der Waals surface area contributed by atoms with Gasteiger partial charge in [0.2, 0.25) is 0 Å². The number of nitrogens with one attached hydrogen (secondary N) is 1. The Bertz CT molecular complexity index is 412. The molecule has 0 fully saturated rings. The van der Waals surface area contributed by atoms with E-state index in [1.165, 1.54) is 12.1 Å². The van der Waals surface area contributed by atoms with Crippen molar-refractivity contribution in [2.24, 2.45) is 5.92 Å². The maximum Gasteiger partial charge on any atom is 0.335 e.